The van der Waals surface area contributed by atoms with Crippen LogP contribution in [0.1, 0.15) is 18.9 Å². The van der Waals surface area contributed by atoms with E-state index < -0.39 is 22.1 Å². The van der Waals surface area contributed by atoms with Crippen molar-refractivity contribution >= 4 is 16.0 Å². The number of sulfonamides is 1. The van der Waals surface area contributed by atoms with Crippen molar-refractivity contribution in [1.82, 2.24) is 4.72 Å². The minimum Gasteiger partial charge on any atom is -0.479 e. The topological polar surface area (TPSA) is 92.7 Å². The van der Waals surface area contributed by atoms with Crippen LogP contribution in [0.5, 0.6) is 5.75 Å². The molecule has 2 aromatic carbocycles. The second-order valence-corrected chi connectivity index (χ2v) is 7.22. The molecule has 0 fully saturated rings. The van der Waals surface area contributed by atoms with Gasteiger partial charge in [-0.05, 0) is 42.7 Å². The van der Waals surface area contributed by atoms with E-state index in [0.29, 0.717) is 18.6 Å². The van der Waals surface area contributed by atoms with Crippen molar-refractivity contribution in [3.8, 4) is 5.75 Å². The Labute approximate surface area is 147 Å². The molecule has 134 valence electrons. The first-order valence-corrected chi connectivity index (χ1v) is 9.44. The minimum absolute atomic E-state index is 0.234. The molecule has 6 nitrogen and oxygen atoms in total. The van der Waals surface area contributed by atoms with E-state index in [1.165, 1.54) is 0 Å². The van der Waals surface area contributed by atoms with Gasteiger partial charge in [-0.25, -0.2) is 17.9 Å². The number of carboxylic acids is 1. The molecule has 0 aromatic heterocycles. The number of rotatable bonds is 9. The molecule has 0 heterocycles. The van der Waals surface area contributed by atoms with Gasteiger partial charge in [0.1, 0.15) is 5.75 Å². The van der Waals surface area contributed by atoms with Crippen LogP contribution in [0, 0.1) is 0 Å². The molecule has 0 saturated heterocycles. The quantitative estimate of drug-likeness (QED) is 0.714. The number of carbonyl (C=O) groups is 1. The van der Waals surface area contributed by atoms with Crippen molar-refractivity contribution < 1.29 is 23.1 Å². The molecule has 25 heavy (non-hydrogen) atoms. The molecule has 0 aliphatic carbocycles. The van der Waals surface area contributed by atoms with E-state index in [-0.39, 0.29) is 11.4 Å². The Hall–Kier alpha value is -2.38. The van der Waals surface area contributed by atoms with Crippen molar-refractivity contribution in [2.45, 2.75) is 30.8 Å². The maximum Gasteiger partial charge on any atom is 0.344 e. The second-order valence-electron chi connectivity index (χ2n) is 5.46. The first-order chi connectivity index (χ1) is 11.9. The summed E-state index contributed by atoms with van der Waals surface area (Å²) in [5, 5.41) is 8.99. The summed E-state index contributed by atoms with van der Waals surface area (Å²) in [6.07, 6.45) is 0.0180. The Kier molecular flexibility index (Phi) is 6.55. The van der Waals surface area contributed by atoms with Crippen LogP contribution in [0.2, 0.25) is 0 Å². The summed E-state index contributed by atoms with van der Waals surface area (Å²) in [6.45, 7) is 2.01. The Morgan fingerprint density at radius 3 is 2.32 bits per heavy atom. The smallest absolute Gasteiger partial charge is 0.344 e. The van der Waals surface area contributed by atoms with Crippen LogP contribution in [0.4, 0.5) is 0 Å². The molecule has 0 bridgehead atoms. The first-order valence-electron chi connectivity index (χ1n) is 7.95. The molecule has 0 aliphatic rings. The van der Waals surface area contributed by atoms with Crippen LogP contribution in [-0.4, -0.2) is 32.1 Å². The molecular formula is C18H21NO5S. The van der Waals surface area contributed by atoms with Gasteiger partial charge in [0, 0.05) is 6.54 Å². The lowest BCUT2D eigenvalue weighted by Crippen LogP contribution is -2.26. The zero-order chi connectivity index (χ0) is 18.3. The fraction of sp³-hybridized carbons (Fsp3) is 0.278. The summed E-state index contributed by atoms with van der Waals surface area (Å²) in [6, 6.07) is 15.2. The maximum absolute atomic E-state index is 12.1. The van der Waals surface area contributed by atoms with Gasteiger partial charge in [0.15, 0.2) is 6.10 Å². The predicted octanol–water partition coefficient (Wildman–Crippen LogP) is 2.45. The molecular weight excluding hydrogens is 342 g/mol. The molecule has 0 aliphatic heterocycles. The van der Waals surface area contributed by atoms with Crippen molar-refractivity contribution in [2.24, 2.45) is 0 Å². The average Bonchev–Trinajstić information content (AvgIpc) is 2.61. The largest absolute Gasteiger partial charge is 0.479 e. The molecule has 0 radical (unpaired) electrons. The lowest BCUT2D eigenvalue weighted by atomic mass is 10.1. The summed E-state index contributed by atoms with van der Waals surface area (Å²) >= 11 is 0. The molecule has 1 atom stereocenters. The maximum atomic E-state index is 12.1. The van der Waals surface area contributed by atoms with Gasteiger partial charge in [-0.2, -0.15) is 0 Å². The Balaban J connectivity index is 1.89. The summed E-state index contributed by atoms with van der Waals surface area (Å²) in [7, 11) is -3.51. The van der Waals surface area contributed by atoms with Crippen molar-refractivity contribution in [1.29, 1.82) is 0 Å². The monoisotopic (exact) mass is 363 g/mol. The number of hydrogen-bond acceptors (Lipinski definition) is 4. The third kappa shape index (κ3) is 5.58. The summed E-state index contributed by atoms with van der Waals surface area (Å²) in [5.74, 6) is -0.523. The Morgan fingerprint density at radius 2 is 1.76 bits per heavy atom. The van der Waals surface area contributed by atoms with Crippen LogP contribution < -0.4 is 9.46 Å². The van der Waals surface area contributed by atoms with Crippen molar-refractivity contribution in [3.63, 3.8) is 0 Å². The third-order valence-corrected chi connectivity index (χ3v) is 5.08. The third-order valence-electron chi connectivity index (χ3n) is 3.61. The molecule has 0 amide bonds. The number of ether oxygens (including phenoxy) is 1. The van der Waals surface area contributed by atoms with Gasteiger partial charge in [-0.1, -0.05) is 37.3 Å². The normalized spacial score (nSPS) is 12.5. The van der Waals surface area contributed by atoms with E-state index >= 15 is 0 Å². The van der Waals surface area contributed by atoms with E-state index in [1.54, 1.807) is 61.5 Å². The SMILES string of the molecule is CCC(Oc1ccc(CCNS(=O)(=O)c2ccccc2)cc1)C(=O)O. The average molecular weight is 363 g/mol. The fourth-order valence-corrected chi connectivity index (χ4v) is 3.27. The van der Waals surface area contributed by atoms with E-state index in [4.69, 9.17) is 9.84 Å². The minimum atomic E-state index is -3.51. The summed E-state index contributed by atoms with van der Waals surface area (Å²) in [4.78, 5) is 11.2. The van der Waals surface area contributed by atoms with Gasteiger partial charge >= 0.3 is 5.97 Å². The number of hydrogen-bond donors (Lipinski definition) is 2. The number of nitrogens with one attached hydrogen (secondary N) is 1. The van der Waals surface area contributed by atoms with E-state index in [9.17, 15) is 13.2 Å². The van der Waals surface area contributed by atoms with Crippen molar-refractivity contribution in [3.05, 3.63) is 60.2 Å². The molecule has 2 aromatic rings. The highest BCUT2D eigenvalue weighted by atomic mass is 32.2. The standard InChI is InChI=1S/C18H21NO5S/c1-2-17(18(20)21)24-15-10-8-14(9-11-15)12-13-19-25(22,23)16-6-4-3-5-7-16/h3-11,17,19H,2,12-13H2,1H3,(H,20,21). The molecule has 2 N–H and O–H groups in total. The number of carboxylic acid groups (broad SMARTS) is 1. The van der Waals surface area contributed by atoms with Gasteiger partial charge in [0.25, 0.3) is 0 Å². The van der Waals surface area contributed by atoms with Gasteiger partial charge in [-0.15, -0.1) is 0 Å². The van der Waals surface area contributed by atoms with Crippen LogP contribution in [0.3, 0.4) is 0 Å². The van der Waals surface area contributed by atoms with Gasteiger partial charge in [0.2, 0.25) is 10.0 Å². The van der Waals surface area contributed by atoms with E-state index in [2.05, 4.69) is 4.72 Å². The highest BCUT2D eigenvalue weighted by Gasteiger charge is 2.16. The lowest BCUT2D eigenvalue weighted by Gasteiger charge is -2.13. The lowest BCUT2D eigenvalue weighted by molar-refractivity contribution is -0.145. The first kappa shape index (κ1) is 19.0. The van der Waals surface area contributed by atoms with Crippen LogP contribution in [0.15, 0.2) is 59.5 Å². The molecule has 7 heteroatoms. The second kappa shape index (κ2) is 8.64. The van der Waals surface area contributed by atoms with Crippen molar-refractivity contribution in [2.75, 3.05) is 6.54 Å². The number of benzene rings is 2. The highest BCUT2D eigenvalue weighted by Crippen LogP contribution is 2.15. The van der Waals surface area contributed by atoms with Crippen LogP contribution in [0.25, 0.3) is 0 Å². The summed E-state index contributed by atoms with van der Waals surface area (Å²) in [5.41, 5.74) is 0.923. The molecule has 0 spiro atoms. The zero-order valence-electron chi connectivity index (χ0n) is 13.9. The highest BCUT2D eigenvalue weighted by molar-refractivity contribution is 7.89. The van der Waals surface area contributed by atoms with Gasteiger partial charge in [0.05, 0.1) is 4.90 Å². The summed E-state index contributed by atoms with van der Waals surface area (Å²) < 4.78 is 32.2. The predicted molar refractivity (Wildman–Crippen MR) is 94.1 cm³/mol. The molecule has 0 saturated carbocycles. The van der Waals surface area contributed by atoms with E-state index in [1.807, 2.05) is 0 Å². The molecule has 2 rings (SSSR count). The number of aliphatic carboxylic acids is 1. The Morgan fingerprint density at radius 1 is 1.12 bits per heavy atom. The fourth-order valence-electron chi connectivity index (χ4n) is 2.22. The zero-order valence-corrected chi connectivity index (χ0v) is 14.7. The van der Waals surface area contributed by atoms with Crippen LogP contribution in [-0.2, 0) is 21.2 Å². The molecule has 1 unspecified atom stereocenters. The van der Waals surface area contributed by atoms with Crippen LogP contribution >= 0.6 is 0 Å². The van der Waals surface area contributed by atoms with Gasteiger partial charge < -0.3 is 9.84 Å². The Bertz CT molecular complexity index is 788. The van der Waals surface area contributed by atoms with Gasteiger partial charge in [-0.3, -0.25) is 0 Å². The van der Waals surface area contributed by atoms with E-state index in [0.717, 1.165) is 5.56 Å².